The van der Waals surface area contributed by atoms with Gasteiger partial charge < -0.3 is 5.32 Å². The first-order valence-electron chi connectivity index (χ1n) is 8.09. The molecule has 1 N–H and O–H groups in total. The Morgan fingerprint density at radius 3 is 2.29 bits per heavy atom. The molecule has 2 aromatic rings. The van der Waals surface area contributed by atoms with Crippen molar-refractivity contribution in [3.05, 3.63) is 71.3 Å². The molecule has 128 valence electrons. The fourth-order valence-corrected chi connectivity index (χ4v) is 2.73. The number of amides is 1. The zero-order valence-electron chi connectivity index (χ0n) is 13.9. The lowest BCUT2D eigenvalue weighted by molar-refractivity contribution is 0.0934. The standard InChI is InChI=1S/C19H22F2N2O/c1-3-23(4-2)18(14-8-6-5-7-9-14)13-22-19(24)15-10-11-16(20)17(21)12-15/h5-12,18H,3-4,13H2,1-2H3,(H,22,24)/t18-/m0/s1. The van der Waals surface area contributed by atoms with Crippen LogP contribution in [0.15, 0.2) is 48.5 Å². The molecule has 0 radical (unpaired) electrons. The van der Waals surface area contributed by atoms with Crippen molar-refractivity contribution in [2.45, 2.75) is 19.9 Å². The maximum Gasteiger partial charge on any atom is 0.251 e. The fourth-order valence-electron chi connectivity index (χ4n) is 2.73. The molecule has 0 saturated carbocycles. The van der Waals surface area contributed by atoms with Gasteiger partial charge in [0.1, 0.15) is 0 Å². The van der Waals surface area contributed by atoms with Gasteiger partial charge in [-0.05, 0) is 36.9 Å². The zero-order valence-corrected chi connectivity index (χ0v) is 13.9. The van der Waals surface area contributed by atoms with Crippen LogP contribution in [0.1, 0.15) is 35.8 Å². The van der Waals surface area contributed by atoms with E-state index in [2.05, 4.69) is 24.1 Å². The molecule has 0 aliphatic rings. The fraction of sp³-hybridized carbons (Fsp3) is 0.316. The lowest BCUT2D eigenvalue weighted by Gasteiger charge is -2.30. The van der Waals surface area contributed by atoms with E-state index in [1.165, 1.54) is 6.07 Å². The molecule has 2 aromatic carbocycles. The second-order valence-corrected chi connectivity index (χ2v) is 5.49. The van der Waals surface area contributed by atoms with Crippen molar-refractivity contribution in [2.24, 2.45) is 0 Å². The summed E-state index contributed by atoms with van der Waals surface area (Å²) in [7, 11) is 0. The summed E-state index contributed by atoms with van der Waals surface area (Å²) in [6, 6.07) is 13.1. The highest BCUT2D eigenvalue weighted by Gasteiger charge is 2.19. The van der Waals surface area contributed by atoms with Crippen LogP contribution < -0.4 is 5.32 Å². The van der Waals surface area contributed by atoms with Gasteiger partial charge in [-0.25, -0.2) is 8.78 Å². The summed E-state index contributed by atoms with van der Waals surface area (Å²) in [5, 5.41) is 2.82. The van der Waals surface area contributed by atoms with E-state index in [1.54, 1.807) is 0 Å². The maximum atomic E-state index is 13.3. The van der Waals surface area contributed by atoms with Gasteiger partial charge in [0.15, 0.2) is 11.6 Å². The van der Waals surface area contributed by atoms with Crippen LogP contribution in [0.4, 0.5) is 8.78 Å². The molecule has 0 spiro atoms. The molecule has 24 heavy (non-hydrogen) atoms. The highest BCUT2D eigenvalue weighted by Crippen LogP contribution is 2.19. The van der Waals surface area contributed by atoms with Crippen molar-refractivity contribution in [1.82, 2.24) is 10.2 Å². The summed E-state index contributed by atoms with van der Waals surface area (Å²) in [6.07, 6.45) is 0. The van der Waals surface area contributed by atoms with Crippen LogP contribution in [-0.2, 0) is 0 Å². The number of halogens is 2. The van der Waals surface area contributed by atoms with Crippen LogP contribution >= 0.6 is 0 Å². The average molecular weight is 332 g/mol. The van der Waals surface area contributed by atoms with Crippen LogP contribution in [-0.4, -0.2) is 30.4 Å². The number of benzene rings is 2. The number of rotatable bonds is 7. The lowest BCUT2D eigenvalue weighted by atomic mass is 10.0. The van der Waals surface area contributed by atoms with E-state index in [0.717, 1.165) is 30.8 Å². The van der Waals surface area contributed by atoms with Crippen LogP contribution in [0, 0.1) is 11.6 Å². The summed E-state index contributed by atoms with van der Waals surface area (Å²) in [6.45, 7) is 6.21. The van der Waals surface area contributed by atoms with Crippen molar-refractivity contribution in [2.75, 3.05) is 19.6 Å². The van der Waals surface area contributed by atoms with Gasteiger partial charge in [-0.1, -0.05) is 44.2 Å². The van der Waals surface area contributed by atoms with Crippen molar-refractivity contribution in [3.8, 4) is 0 Å². The molecule has 0 aliphatic carbocycles. The van der Waals surface area contributed by atoms with Crippen LogP contribution in [0.5, 0.6) is 0 Å². The predicted octanol–water partition coefficient (Wildman–Crippen LogP) is 3.78. The lowest BCUT2D eigenvalue weighted by Crippen LogP contribution is -2.38. The maximum absolute atomic E-state index is 13.3. The molecule has 1 amide bonds. The topological polar surface area (TPSA) is 32.3 Å². The Bertz CT molecular complexity index is 672. The van der Waals surface area contributed by atoms with Gasteiger partial charge in [-0.3, -0.25) is 9.69 Å². The molecular formula is C19H22F2N2O. The molecule has 2 rings (SSSR count). The summed E-state index contributed by atoms with van der Waals surface area (Å²) in [4.78, 5) is 14.5. The largest absolute Gasteiger partial charge is 0.350 e. The summed E-state index contributed by atoms with van der Waals surface area (Å²) in [5.74, 6) is -2.40. The quantitative estimate of drug-likeness (QED) is 0.837. The molecular weight excluding hydrogens is 310 g/mol. The van der Waals surface area contributed by atoms with E-state index in [-0.39, 0.29) is 11.6 Å². The third kappa shape index (κ3) is 4.38. The van der Waals surface area contributed by atoms with Gasteiger partial charge in [0.2, 0.25) is 0 Å². The van der Waals surface area contributed by atoms with Crippen molar-refractivity contribution in [1.29, 1.82) is 0 Å². The monoisotopic (exact) mass is 332 g/mol. The minimum absolute atomic E-state index is 0.0236. The molecule has 0 saturated heterocycles. The van der Waals surface area contributed by atoms with Gasteiger partial charge >= 0.3 is 0 Å². The van der Waals surface area contributed by atoms with Gasteiger partial charge in [-0.15, -0.1) is 0 Å². The second kappa shape index (κ2) is 8.55. The minimum Gasteiger partial charge on any atom is -0.350 e. The number of hydrogen-bond donors (Lipinski definition) is 1. The Labute approximate surface area is 141 Å². The third-order valence-corrected chi connectivity index (χ3v) is 4.08. The highest BCUT2D eigenvalue weighted by molar-refractivity contribution is 5.94. The van der Waals surface area contributed by atoms with Crippen molar-refractivity contribution < 1.29 is 13.6 Å². The van der Waals surface area contributed by atoms with E-state index < -0.39 is 17.5 Å². The normalized spacial score (nSPS) is 12.2. The molecule has 0 bridgehead atoms. The molecule has 0 heterocycles. The number of nitrogens with one attached hydrogen (secondary N) is 1. The van der Waals surface area contributed by atoms with E-state index in [9.17, 15) is 13.6 Å². The first-order valence-corrected chi connectivity index (χ1v) is 8.09. The van der Waals surface area contributed by atoms with E-state index >= 15 is 0 Å². The Kier molecular flexibility index (Phi) is 6.44. The summed E-state index contributed by atoms with van der Waals surface area (Å²) in [5.41, 5.74) is 1.21. The number of nitrogens with zero attached hydrogens (tertiary/aromatic N) is 1. The predicted molar refractivity (Wildman–Crippen MR) is 90.8 cm³/mol. The molecule has 0 fully saturated rings. The Morgan fingerprint density at radius 2 is 1.71 bits per heavy atom. The zero-order chi connectivity index (χ0) is 17.5. The Hall–Kier alpha value is -2.27. The van der Waals surface area contributed by atoms with Crippen LogP contribution in [0.25, 0.3) is 0 Å². The van der Waals surface area contributed by atoms with Gasteiger partial charge in [0.25, 0.3) is 5.91 Å². The van der Waals surface area contributed by atoms with E-state index in [4.69, 9.17) is 0 Å². The Morgan fingerprint density at radius 1 is 1.04 bits per heavy atom. The number of carbonyl (C=O) groups excluding carboxylic acids is 1. The molecule has 0 aliphatic heterocycles. The molecule has 0 unspecified atom stereocenters. The molecule has 5 heteroatoms. The number of likely N-dealkylation sites (N-methyl/N-ethyl adjacent to an activating group) is 1. The molecule has 0 aromatic heterocycles. The van der Waals surface area contributed by atoms with E-state index in [0.29, 0.717) is 6.54 Å². The van der Waals surface area contributed by atoms with Crippen LogP contribution in [0.3, 0.4) is 0 Å². The van der Waals surface area contributed by atoms with Crippen molar-refractivity contribution >= 4 is 5.91 Å². The molecule has 3 nitrogen and oxygen atoms in total. The number of hydrogen-bond acceptors (Lipinski definition) is 2. The minimum atomic E-state index is -1.02. The van der Waals surface area contributed by atoms with Gasteiger partial charge in [0, 0.05) is 12.1 Å². The first kappa shape index (κ1) is 18.1. The first-order chi connectivity index (χ1) is 11.6. The second-order valence-electron chi connectivity index (χ2n) is 5.49. The molecule has 1 atom stereocenters. The van der Waals surface area contributed by atoms with E-state index in [1.807, 2.05) is 30.3 Å². The van der Waals surface area contributed by atoms with Crippen molar-refractivity contribution in [3.63, 3.8) is 0 Å². The average Bonchev–Trinajstić information content (AvgIpc) is 2.61. The highest BCUT2D eigenvalue weighted by atomic mass is 19.2. The Balaban J connectivity index is 2.12. The summed E-state index contributed by atoms with van der Waals surface area (Å²) < 4.78 is 26.3. The number of carbonyl (C=O) groups is 1. The smallest absolute Gasteiger partial charge is 0.251 e. The van der Waals surface area contributed by atoms with Crippen LogP contribution in [0.2, 0.25) is 0 Å². The van der Waals surface area contributed by atoms with Gasteiger partial charge in [-0.2, -0.15) is 0 Å². The SMILES string of the molecule is CCN(CC)[C@@H](CNC(=O)c1ccc(F)c(F)c1)c1ccccc1. The summed E-state index contributed by atoms with van der Waals surface area (Å²) >= 11 is 0. The van der Waals surface area contributed by atoms with Gasteiger partial charge in [0.05, 0.1) is 6.04 Å². The third-order valence-electron chi connectivity index (χ3n) is 4.08.